The van der Waals surface area contributed by atoms with Gasteiger partial charge in [-0.1, -0.05) is 26.0 Å². The maximum atomic E-state index is 9.50. The maximum absolute atomic E-state index is 9.50. The van der Waals surface area contributed by atoms with Gasteiger partial charge in [-0.25, -0.2) is 4.98 Å². The monoisotopic (exact) mass is 245 g/mol. The Labute approximate surface area is 105 Å². The van der Waals surface area contributed by atoms with Crippen LogP contribution >= 0.6 is 11.3 Å². The van der Waals surface area contributed by atoms with Gasteiger partial charge in [0.2, 0.25) is 0 Å². The summed E-state index contributed by atoms with van der Waals surface area (Å²) in [5.41, 5.74) is 2.47. The summed E-state index contributed by atoms with van der Waals surface area (Å²) in [6.07, 6.45) is 2.33. The van der Waals surface area contributed by atoms with Gasteiger partial charge >= 0.3 is 0 Å². The first-order valence-electron chi connectivity index (χ1n) is 5.86. The SMILES string of the molecule is CC1(C)CCc2sc(-c3cccc(O)c3)nc21. The van der Waals surface area contributed by atoms with Gasteiger partial charge in [0.1, 0.15) is 10.8 Å². The fourth-order valence-corrected chi connectivity index (χ4v) is 3.59. The Balaban J connectivity index is 2.07. The summed E-state index contributed by atoms with van der Waals surface area (Å²) in [7, 11) is 0. The Morgan fingerprint density at radius 3 is 2.88 bits per heavy atom. The van der Waals surface area contributed by atoms with Gasteiger partial charge in [-0.3, -0.25) is 0 Å². The van der Waals surface area contributed by atoms with E-state index in [2.05, 4.69) is 13.8 Å². The highest BCUT2D eigenvalue weighted by Crippen LogP contribution is 2.43. The Morgan fingerprint density at radius 2 is 2.18 bits per heavy atom. The summed E-state index contributed by atoms with van der Waals surface area (Å²) in [6.45, 7) is 4.51. The highest BCUT2D eigenvalue weighted by Gasteiger charge is 2.33. The molecule has 0 aliphatic heterocycles. The first-order chi connectivity index (χ1) is 8.06. The van der Waals surface area contributed by atoms with Crippen LogP contribution < -0.4 is 0 Å². The molecule has 0 saturated heterocycles. The zero-order chi connectivity index (χ0) is 12.0. The number of aromatic hydroxyl groups is 1. The molecule has 2 nitrogen and oxygen atoms in total. The van der Waals surface area contributed by atoms with Crippen LogP contribution in [-0.4, -0.2) is 10.1 Å². The summed E-state index contributed by atoms with van der Waals surface area (Å²) >= 11 is 1.76. The van der Waals surface area contributed by atoms with E-state index in [9.17, 15) is 5.11 Å². The predicted octanol–water partition coefficient (Wildman–Crippen LogP) is 3.74. The Bertz CT molecular complexity index is 571. The molecule has 88 valence electrons. The van der Waals surface area contributed by atoms with Crippen LogP contribution in [0.15, 0.2) is 24.3 Å². The largest absolute Gasteiger partial charge is 0.508 e. The van der Waals surface area contributed by atoms with Gasteiger partial charge < -0.3 is 5.11 Å². The number of benzene rings is 1. The van der Waals surface area contributed by atoms with Crippen molar-refractivity contribution in [2.24, 2.45) is 0 Å². The highest BCUT2D eigenvalue weighted by molar-refractivity contribution is 7.15. The molecular weight excluding hydrogens is 230 g/mol. The first kappa shape index (κ1) is 10.8. The van der Waals surface area contributed by atoms with Crippen molar-refractivity contribution in [2.75, 3.05) is 0 Å². The average Bonchev–Trinajstić information content (AvgIpc) is 2.81. The molecule has 0 atom stereocenters. The van der Waals surface area contributed by atoms with Crippen molar-refractivity contribution >= 4 is 11.3 Å². The van der Waals surface area contributed by atoms with Crippen molar-refractivity contribution in [2.45, 2.75) is 32.1 Å². The Kier molecular flexibility index (Phi) is 2.26. The normalized spacial score (nSPS) is 17.1. The fourth-order valence-electron chi connectivity index (χ4n) is 2.36. The molecule has 0 amide bonds. The lowest BCUT2D eigenvalue weighted by molar-refractivity contribution is 0.475. The number of nitrogens with zero attached hydrogens (tertiary/aromatic N) is 1. The second kappa shape index (κ2) is 3.57. The van der Waals surface area contributed by atoms with E-state index in [1.54, 1.807) is 23.5 Å². The van der Waals surface area contributed by atoms with E-state index in [1.807, 2.05) is 12.1 Å². The molecule has 3 heteroatoms. The first-order valence-corrected chi connectivity index (χ1v) is 6.67. The van der Waals surface area contributed by atoms with Gasteiger partial charge in [-0.2, -0.15) is 0 Å². The summed E-state index contributed by atoms with van der Waals surface area (Å²) < 4.78 is 0. The number of thiazole rings is 1. The van der Waals surface area contributed by atoms with Gasteiger partial charge in [0.25, 0.3) is 0 Å². The molecular formula is C14H15NOS. The van der Waals surface area contributed by atoms with Gasteiger partial charge in [-0.05, 0) is 25.0 Å². The van der Waals surface area contributed by atoms with Crippen LogP contribution in [0.3, 0.4) is 0 Å². The van der Waals surface area contributed by atoms with Gasteiger partial charge in [-0.15, -0.1) is 11.3 Å². The molecule has 3 rings (SSSR count). The summed E-state index contributed by atoms with van der Waals surface area (Å²) in [5.74, 6) is 0.303. The summed E-state index contributed by atoms with van der Waals surface area (Å²) in [4.78, 5) is 6.17. The minimum absolute atomic E-state index is 0.209. The van der Waals surface area contributed by atoms with Crippen molar-refractivity contribution in [3.8, 4) is 16.3 Å². The van der Waals surface area contributed by atoms with E-state index >= 15 is 0 Å². The lowest BCUT2D eigenvalue weighted by Crippen LogP contribution is -2.12. The molecule has 0 radical (unpaired) electrons. The molecule has 1 aromatic carbocycles. The van der Waals surface area contributed by atoms with Crippen LogP contribution in [0.25, 0.3) is 10.6 Å². The molecule has 1 aromatic heterocycles. The van der Waals surface area contributed by atoms with E-state index in [0.29, 0.717) is 5.75 Å². The fraction of sp³-hybridized carbons (Fsp3) is 0.357. The zero-order valence-corrected chi connectivity index (χ0v) is 10.8. The Hall–Kier alpha value is -1.35. The van der Waals surface area contributed by atoms with Gasteiger partial charge in [0, 0.05) is 15.9 Å². The molecule has 1 aliphatic carbocycles. The number of hydrogen-bond donors (Lipinski definition) is 1. The molecule has 0 unspecified atom stereocenters. The van der Waals surface area contributed by atoms with Crippen molar-refractivity contribution < 1.29 is 5.11 Å². The third-order valence-electron chi connectivity index (χ3n) is 3.41. The number of hydrogen-bond acceptors (Lipinski definition) is 3. The minimum Gasteiger partial charge on any atom is -0.508 e. The molecule has 1 heterocycles. The standard InChI is InChI=1S/C14H15NOS/c1-14(2)7-6-11-12(14)15-13(17-11)9-4-3-5-10(16)8-9/h3-5,8,16H,6-7H2,1-2H3. The molecule has 2 aromatic rings. The average molecular weight is 245 g/mol. The van der Waals surface area contributed by atoms with Crippen LogP contribution in [0, 0.1) is 0 Å². The number of rotatable bonds is 1. The predicted molar refractivity (Wildman–Crippen MR) is 70.6 cm³/mol. The van der Waals surface area contributed by atoms with Gasteiger partial charge in [0.15, 0.2) is 0 Å². The van der Waals surface area contributed by atoms with Crippen molar-refractivity contribution in [1.29, 1.82) is 0 Å². The number of fused-ring (bicyclic) bond motifs is 1. The van der Waals surface area contributed by atoms with E-state index in [0.717, 1.165) is 17.0 Å². The second-order valence-electron chi connectivity index (χ2n) is 5.23. The van der Waals surface area contributed by atoms with Crippen LogP contribution in [0.2, 0.25) is 0 Å². The maximum Gasteiger partial charge on any atom is 0.124 e. The second-order valence-corrected chi connectivity index (χ2v) is 6.31. The molecule has 1 aliphatic rings. The van der Waals surface area contributed by atoms with E-state index < -0.39 is 0 Å². The topological polar surface area (TPSA) is 33.1 Å². The van der Waals surface area contributed by atoms with Crippen molar-refractivity contribution in [3.63, 3.8) is 0 Å². The number of aryl methyl sites for hydroxylation is 1. The number of phenolic OH excluding ortho intramolecular Hbond substituents is 1. The Morgan fingerprint density at radius 1 is 1.35 bits per heavy atom. The smallest absolute Gasteiger partial charge is 0.124 e. The quantitative estimate of drug-likeness (QED) is 0.830. The summed E-state index contributed by atoms with van der Waals surface area (Å²) in [5, 5.41) is 10.5. The van der Waals surface area contributed by atoms with E-state index in [1.165, 1.54) is 17.0 Å². The minimum atomic E-state index is 0.209. The molecule has 0 fully saturated rings. The summed E-state index contributed by atoms with van der Waals surface area (Å²) in [6, 6.07) is 7.33. The molecule has 0 saturated carbocycles. The van der Waals surface area contributed by atoms with Gasteiger partial charge in [0.05, 0.1) is 5.69 Å². The highest BCUT2D eigenvalue weighted by atomic mass is 32.1. The van der Waals surface area contributed by atoms with E-state index in [-0.39, 0.29) is 5.41 Å². The third kappa shape index (κ3) is 1.75. The van der Waals surface area contributed by atoms with Crippen molar-refractivity contribution in [1.82, 2.24) is 4.98 Å². The van der Waals surface area contributed by atoms with Crippen LogP contribution in [0.4, 0.5) is 0 Å². The number of aromatic nitrogens is 1. The zero-order valence-electron chi connectivity index (χ0n) is 10.0. The lowest BCUT2D eigenvalue weighted by atomic mass is 9.91. The van der Waals surface area contributed by atoms with Crippen LogP contribution in [0.1, 0.15) is 30.8 Å². The molecule has 0 spiro atoms. The molecule has 17 heavy (non-hydrogen) atoms. The van der Waals surface area contributed by atoms with Crippen LogP contribution in [-0.2, 0) is 11.8 Å². The lowest BCUT2D eigenvalue weighted by Gasteiger charge is -2.15. The third-order valence-corrected chi connectivity index (χ3v) is 4.57. The number of phenols is 1. The van der Waals surface area contributed by atoms with Crippen LogP contribution in [0.5, 0.6) is 5.75 Å². The van der Waals surface area contributed by atoms with Crippen molar-refractivity contribution in [3.05, 3.63) is 34.8 Å². The molecule has 0 bridgehead atoms. The molecule has 1 N–H and O–H groups in total. The van der Waals surface area contributed by atoms with E-state index in [4.69, 9.17) is 4.98 Å².